The molecule has 0 saturated heterocycles. The number of carbonyl (C=O) groups is 1. The summed E-state index contributed by atoms with van der Waals surface area (Å²) in [6.07, 6.45) is 6.52. The number of halogens is 1. The second-order valence-corrected chi connectivity index (χ2v) is 3.44. The van der Waals surface area contributed by atoms with Crippen molar-refractivity contribution in [3.63, 3.8) is 0 Å². The maximum Gasteiger partial charge on any atom is 0.323 e. The molecule has 0 spiro atoms. The van der Waals surface area contributed by atoms with Gasteiger partial charge in [0.2, 0.25) is 0 Å². The Bertz CT molecular complexity index is 516. The van der Waals surface area contributed by atoms with Crippen LogP contribution in [0.1, 0.15) is 5.56 Å². The molecule has 0 atom stereocenters. The van der Waals surface area contributed by atoms with E-state index in [0.717, 1.165) is 0 Å². The molecule has 0 amide bonds. The number of aromatic nitrogens is 1. The zero-order valence-corrected chi connectivity index (χ0v) is 9.48. The zero-order valence-electron chi connectivity index (χ0n) is 8.72. The van der Waals surface area contributed by atoms with E-state index in [9.17, 15) is 4.79 Å². The Balaban J connectivity index is 3.15. The second kappa shape index (κ2) is 5.74. The first-order valence-electron chi connectivity index (χ1n) is 4.55. The van der Waals surface area contributed by atoms with Crippen molar-refractivity contribution in [2.24, 2.45) is 0 Å². The number of anilines is 1. The van der Waals surface area contributed by atoms with Crippen molar-refractivity contribution in [2.45, 2.75) is 0 Å². The minimum atomic E-state index is -1.06. The highest BCUT2D eigenvalue weighted by atomic mass is 35.5. The Morgan fingerprint density at radius 3 is 2.94 bits per heavy atom. The summed E-state index contributed by atoms with van der Waals surface area (Å²) in [6.45, 7) is -0.278. The van der Waals surface area contributed by atoms with Gasteiger partial charge in [-0.3, -0.25) is 4.79 Å². The maximum absolute atomic E-state index is 10.7. The molecule has 5 nitrogen and oxygen atoms in total. The Hall–Kier alpha value is -2.24. The monoisotopic (exact) mass is 249 g/mol. The molecule has 1 heterocycles. The van der Waals surface area contributed by atoms with Gasteiger partial charge in [-0.25, -0.2) is 4.98 Å². The number of nitrogens with zero attached hydrogens (tertiary/aromatic N) is 3. The molecule has 0 fully saturated rings. The Morgan fingerprint density at radius 2 is 2.41 bits per heavy atom. The highest BCUT2D eigenvalue weighted by molar-refractivity contribution is 6.34. The van der Waals surface area contributed by atoms with Crippen LogP contribution in [0.25, 0.3) is 0 Å². The van der Waals surface area contributed by atoms with Crippen LogP contribution in [-0.2, 0) is 4.79 Å². The SMILES string of the molecule is C#CCN(CC(=O)O)c1nccc(C#N)c1Cl. The summed E-state index contributed by atoms with van der Waals surface area (Å²) in [7, 11) is 0. The van der Waals surface area contributed by atoms with E-state index in [2.05, 4.69) is 10.9 Å². The number of hydrogen-bond donors (Lipinski definition) is 1. The van der Waals surface area contributed by atoms with E-state index in [1.807, 2.05) is 6.07 Å². The van der Waals surface area contributed by atoms with Gasteiger partial charge in [-0.05, 0) is 6.07 Å². The van der Waals surface area contributed by atoms with Crippen LogP contribution in [0.3, 0.4) is 0 Å². The van der Waals surface area contributed by atoms with Crippen molar-refractivity contribution < 1.29 is 9.90 Å². The molecule has 1 aromatic rings. The molecule has 0 aliphatic heterocycles. The Labute approximate surface area is 103 Å². The van der Waals surface area contributed by atoms with Gasteiger partial charge in [-0.15, -0.1) is 6.42 Å². The number of nitriles is 1. The average Bonchev–Trinajstić information content (AvgIpc) is 2.28. The molecular weight excluding hydrogens is 242 g/mol. The lowest BCUT2D eigenvalue weighted by atomic mass is 10.2. The standard InChI is InChI=1S/C11H8ClN3O2/c1-2-5-15(7-9(16)17)11-10(12)8(6-13)3-4-14-11/h1,3-4H,5,7H2,(H,16,17). The molecule has 6 heteroatoms. The number of pyridine rings is 1. The highest BCUT2D eigenvalue weighted by Gasteiger charge is 2.16. The molecule has 1 aromatic heterocycles. The van der Waals surface area contributed by atoms with Gasteiger partial charge in [0.05, 0.1) is 12.1 Å². The lowest BCUT2D eigenvalue weighted by molar-refractivity contribution is -0.135. The van der Waals surface area contributed by atoms with E-state index >= 15 is 0 Å². The molecule has 0 radical (unpaired) electrons. The third kappa shape index (κ3) is 3.10. The van der Waals surface area contributed by atoms with Crippen LogP contribution in [0, 0.1) is 23.7 Å². The number of rotatable bonds is 4. The summed E-state index contributed by atoms with van der Waals surface area (Å²) in [5.41, 5.74) is 0.226. The van der Waals surface area contributed by atoms with Gasteiger partial charge in [0, 0.05) is 6.20 Å². The van der Waals surface area contributed by atoms with Crippen LogP contribution in [0.15, 0.2) is 12.3 Å². The van der Waals surface area contributed by atoms with Gasteiger partial charge in [0.25, 0.3) is 0 Å². The first-order valence-corrected chi connectivity index (χ1v) is 4.92. The smallest absolute Gasteiger partial charge is 0.323 e. The van der Waals surface area contributed by atoms with E-state index in [1.54, 1.807) is 0 Å². The van der Waals surface area contributed by atoms with Crippen molar-refractivity contribution in [3.8, 4) is 18.4 Å². The fourth-order valence-electron chi connectivity index (χ4n) is 1.22. The van der Waals surface area contributed by atoms with Gasteiger partial charge in [-0.2, -0.15) is 5.26 Å². The van der Waals surface area contributed by atoms with E-state index in [4.69, 9.17) is 28.4 Å². The minimum absolute atomic E-state index is 0.0495. The summed E-state index contributed by atoms with van der Waals surface area (Å²) in [5, 5.41) is 17.6. The highest BCUT2D eigenvalue weighted by Crippen LogP contribution is 2.25. The molecule has 0 bridgehead atoms. The molecule has 1 N–H and O–H groups in total. The van der Waals surface area contributed by atoms with Crippen molar-refractivity contribution in [1.82, 2.24) is 4.98 Å². The van der Waals surface area contributed by atoms with Gasteiger partial charge in [-0.1, -0.05) is 17.5 Å². The van der Waals surface area contributed by atoms with Crippen molar-refractivity contribution in [1.29, 1.82) is 5.26 Å². The molecule has 0 aliphatic carbocycles. The summed E-state index contributed by atoms with van der Waals surface area (Å²) in [6, 6.07) is 3.33. The van der Waals surface area contributed by atoms with Crippen LogP contribution in [0.5, 0.6) is 0 Å². The molecular formula is C11H8ClN3O2. The van der Waals surface area contributed by atoms with Crippen LogP contribution in [0.2, 0.25) is 5.02 Å². The number of terminal acetylenes is 1. The quantitative estimate of drug-likeness (QED) is 0.810. The third-order valence-corrected chi connectivity index (χ3v) is 2.27. The lowest BCUT2D eigenvalue weighted by Crippen LogP contribution is -2.31. The third-order valence-electron chi connectivity index (χ3n) is 1.90. The van der Waals surface area contributed by atoms with E-state index < -0.39 is 5.97 Å². The predicted molar refractivity (Wildman–Crippen MR) is 62.6 cm³/mol. The average molecular weight is 250 g/mol. The largest absolute Gasteiger partial charge is 0.480 e. The van der Waals surface area contributed by atoms with Crippen molar-refractivity contribution >= 4 is 23.4 Å². The van der Waals surface area contributed by atoms with Gasteiger partial charge < -0.3 is 10.0 Å². The minimum Gasteiger partial charge on any atom is -0.480 e. The number of carboxylic acids is 1. The van der Waals surface area contributed by atoms with Crippen LogP contribution >= 0.6 is 11.6 Å². The number of hydrogen-bond acceptors (Lipinski definition) is 4. The van der Waals surface area contributed by atoms with Crippen LogP contribution < -0.4 is 4.90 Å². The van der Waals surface area contributed by atoms with Crippen LogP contribution in [0.4, 0.5) is 5.82 Å². The summed E-state index contributed by atoms with van der Waals surface area (Å²) < 4.78 is 0. The zero-order chi connectivity index (χ0) is 12.8. The van der Waals surface area contributed by atoms with E-state index in [1.165, 1.54) is 17.2 Å². The Kier molecular flexibility index (Phi) is 4.33. The lowest BCUT2D eigenvalue weighted by Gasteiger charge is -2.20. The molecule has 0 unspecified atom stereocenters. The van der Waals surface area contributed by atoms with Crippen molar-refractivity contribution in [2.75, 3.05) is 18.0 Å². The van der Waals surface area contributed by atoms with Gasteiger partial charge >= 0.3 is 5.97 Å². The number of carboxylic acid groups (broad SMARTS) is 1. The fourth-order valence-corrected chi connectivity index (χ4v) is 1.49. The molecule has 86 valence electrons. The van der Waals surface area contributed by atoms with Crippen LogP contribution in [-0.4, -0.2) is 29.1 Å². The summed E-state index contributed by atoms with van der Waals surface area (Å²) >= 11 is 5.93. The molecule has 0 saturated carbocycles. The number of aliphatic carboxylic acids is 1. The molecule has 1 rings (SSSR count). The molecule has 0 aromatic carbocycles. The van der Waals surface area contributed by atoms with Gasteiger partial charge in [0.1, 0.15) is 23.5 Å². The maximum atomic E-state index is 10.7. The molecule has 17 heavy (non-hydrogen) atoms. The fraction of sp³-hybridized carbons (Fsp3) is 0.182. The predicted octanol–water partition coefficient (Wildman–Crippen LogP) is 1.13. The van der Waals surface area contributed by atoms with Crippen molar-refractivity contribution in [3.05, 3.63) is 22.8 Å². The second-order valence-electron chi connectivity index (χ2n) is 3.06. The first kappa shape index (κ1) is 12.8. The summed E-state index contributed by atoms with van der Waals surface area (Å²) in [4.78, 5) is 15.9. The first-order chi connectivity index (χ1) is 8.10. The normalized spacial score (nSPS) is 9.12. The molecule has 0 aliphatic rings. The van der Waals surface area contributed by atoms with E-state index in [0.29, 0.717) is 0 Å². The van der Waals surface area contributed by atoms with Gasteiger partial charge in [0.15, 0.2) is 0 Å². The topological polar surface area (TPSA) is 77.2 Å². The van der Waals surface area contributed by atoms with E-state index in [-0.39, 0.29) is 29.5 Å². The summed E-state index contributed by atoms with van der Waals surface area (Å²) in [5.74, 6) is 1.46. The Morgan fingerprint density at radius 1 is 1.71 bits per heavy atom.